The van der Waals surface area contributed by atoms with Gasteiger partial charge in [-0.3, -0.25) is 9.59 Å². The number of rotatable bonds is 9. The van der Waals surface area contributed by atoms with Gasteiger partial charge in [-0.05, 0) is 53.6 Å². The number of aromatic amines is 1. The Morgan fingerprint density at radius 1 is 1.05 bits per heavy atom. The van der Waals surface area contributed by atoms with Gasteiger partial charge in [0.1, 0.15) is 11.7 Å². The van der Waals surface area contributed by atoms with Crippen LogP contribution in [-0.4, -0.2) is 41.0 Å². The maximum Gasteiger partial charge on any atom is 0.271 e. The average Bonchev–Trinajstić information content (AvgIpc) is 3.72. The van der Waals surface area contributed by atoms with Gasteiger partial charge in [0.2, 0.25) is 5.91 Å². The lowest BCUT2D eigenvalue weighted by Crippen LogP contribution is -2.45. The molecular weight excluding hydrogens is 506 g/mol. The first-order chi connectivity index (χ1) is 18.1. The smallest absolute Gasteiger partial charge is 0.271 e. The van der Waals surface area contributed by atoms with E-state index in [4.69, 9.17) is 16.3 Å². The van der Waals surface area contributed by atoms with Gasteiger partial charge in [0.15, 0.2) is 0 Å². The Bertz CT molecular complexity index is 1330. The van der Waals surface area contributed by atoms with E-state index in [1.165, 1.54) is 11.3 Å². The molecule has 1 aliphatic rings. The molecule has 3 heterocycles. The molecule has 8 heteroatoms. The molecule has 0 saturated carbocycles. The number of H-pyrrole nitrogens is 1. The summed E-state index contributed by atoms with van der Waals surface area (Å²) in [7, 11) is 0. The van der Waals surface area contributed by atoms with E-state index >= 15 is 0 Å². The number of benzene rings is 2. The minimum atomic E-state index is -0.825. The van der Waals surface area contributed by atoms with Gasteiger partial charge in [0, 0.05) is 35.3 Å². The summed E-state index contributed by atoms with van der Waals surface area (Å²) in [6, 6.07) is 23.8. The number of nitrogens with one attached hydrogen (secondary N) is 2. The van der Waals surface area contributed by atoms with Gasteiger partial charge < -0.3 is 19.9 Å². The Morgan fingerprint density at radius 3 is 2.59 bits per heavy atom. The Balaban J connectivity index is 1.49. The summed E-state index contributed by atoms with van der Waals surface area (Å²) < 4.78 is 5.69. The highest BCUT2D eigenvalue weighted by atomic mass is 35.5. The van der Waals surface area contributed by atoms with Crippen LogP contribution in [0.3, 0.4) is 0 Å². The van der Waals surface area contributed by atoms with Gasteiger partial charge in [0.05, 0.1) is 6.10 Å². The first-order valence-electron chi connectivity index (χ1n) is 12.3. The van der Waals surface area contributed by atoms with Crippen LogP contribution in [0, 0.1) is 0 Å². The van der Waals surface area contributed by atoms with Gasteiger partial charge in [-0.1, -0.05) is 66.2 Å². The van der Waals surface area contributed by atoms with Crippen molar-refractivity contribution < 1.29 is 14.3 Å². The lowest BCUT2D eigenvalue weighted by atomic mass is 10.1. The third-order valence-electron chi connectivity index (χ3n) is 6.46. The molecule has 6 nitrogen and oxygen atoms in total. The number of hydrogen-bond donors (Lipinski definition) is 2. The minimum Gasteiger partial charge on any atom is -0.376 e. The Hall–Kier alpha value is -3.39. The molecule has 1 aliphatic heterocycles. The van der Waals surface area contributed by atoms with Crippen LogP contribution in [-0.2, 0) is 16.1 Å². The van der Waals surface area contributed by atoms with Crippen molar-refractivity contribution in [2.24, 2.45) is 0 Å². The number of amides is 2. The first kappa shape index (κ1) is 25.3. The number of nitrogens with zero attached hydrogens (tertiary/aromatic N) is 1. The topological polar surface area (TPSA) is 74.4 Å². The number of hydrogen-bond acceptors (Lipinski definition) is 4. The molecule has 0 spiro atoms. The van der Waals surface area contributed by atoms with E-state index in [1.807, 2.05) is 72.1 Å². The van der Waals surface area contributed by atoms with Crippen LogP contribution < -0.4 is 5.32 Å². The maximum absolute atomic E-state index is 14.1. The largest absolute Gasteiger partial charge is 0.376 e. The van der Waals surface area contributed by atoms with Crippen molar-refractivity contribution in [2.75, 3.05) is 13.2 Å². The van der Waals surface area contributed by atoms with E-state index < -0.39 is 6.04 Å². The van der Waals surface area contributed by atoms with E-state index in [2.05, 4.69) is 10.3 Å². The molecule has 2 aromatic heterocycles. The third-order valence-corrected chi connectivity index (χ3v) is 7.75. The number of ether oxygens (including phenoxy) is 1. The number of carbonyl (C=O) groups is 2. The van der Waals surface area contributed by atoms with Crippen LogP contribution in [0.2, 0.25) is 5.02 Å². The monoisotopic (exact) mass is 533 g/mol. The van der Waals surface area contributed by atoms with Crippen molar-refractivity contribution in [3.05, 3.63) is 105 Å². The van der Waals surface area contributed by atoms with E-state index in [-0.39, 0.29) is 24.5 Å². The maximum atomic E-state index is 14.1. The van der Waals surface area contributed by atoms with Crippen molar-refractivity contribution >= 4 is 34.8 Å². The predicted octanol–water partition coefficient (Wildman–Crippen LogP) is 6.08. The molecule has 190 valence electrons. The van der Waals surface area contributed by atoms with Gasteiger partial charge in [0.25, 0.3) is 5.91 Å². The molecule has 0 unspecified atom stereocenters. The number of thiophene rings is 1. The standard InChI is InChI=1S/C29H28ClN3O3S/c30-23-12-5-4-10-21(23)19-33(29(35)25-15-14-24(32-25)20-8-2-1-3-9-20)27(26-13-7-17-37-26)28(34)31-18-22-11-6-16-36-22/h1-5,7-10,12-15,17,22,27,32H,6,11,16,18-19H2,(H,31,34)/t22-,27+/m0/s1. The second-order valence-electron chi connectivity index (χ2n) is 8.97. The SMILES string of the molecule is O=C(NC[C@@H]1CCCO1)[C@@H](c1cccs1)N(Cc1ccccc1Cl)C(=O)c1ccc(-c2ccccc2)[nH]1. The van der Waals surface area contributed by atoms with Crippen LogP contribution in [0.4, 0.5) is 0 Å². The Morgan fingerprint density at radius 2 is 1.86 bits per heavy atom. The van der Waals surface area contributed by atoms with Crippen LogP contribution >= 0.6 is 22.9 Å². The highest BCUT2D eigenvalue weighted by molar-refractivity contribution is 7.10. The van der Waals surface area contributed by atoms with Crippen LogP contribution in [0.5, 0.6) is 0 Å². The molecule has 0 radical (unpaired) electrons. The first-order valence-corrected chi connectivity index (χ1v) is 13.6. The predicted molar refractivity (Wildman–Crippen MR) is 147 cm³/mol. The summed E-state index contributed by atoms with van der Waals surface area (Å²) >= 11 is 7.95. The fourth-order valence-corrected chi connectivity index (χ4v) is 5.57. The van der Waals surface area contributed by atoms with E-state index in [0.717, 1.165) is 34.5 Å². The summed E-state index contributed by atoms with van der Waals surface area (Å²) in [5.74, 6) is -0.527. The lowest BCUT2D eigenvalue weighted by molar-refractivity contribution is -0.126. The normalized spacial score (nSPS) is 15.9. The van der Waals surface area contributed by atoms with Crippen LogP contribution in [0.25, 0.3) is 11.3 Å². The molecule has 0 aliphatic carbocycles. The Kier molecular flexibility index (Phi) is 8.04. The van der Waals surface area contributed by atoms with Crippen molar-refractivity contribution in [1.29, 1.82) is 0 Å². The summed E-state index contributed by atoms with van der Waals surface area (Å²) in [6.07, 6.45) is 1.90. The van der Waals surface area contributed by atoms with E-state index in [1.54, 1.807) is 17.0 Å². The molecule has 37 heavy (non-hydrogen) atoms. The molecule has 5 rings (SSSR count). The van der Waals surface area contributed by atoms with E-state index in [9.17, 15) is 9.59 Å². The molecule has 1 fully saturated rings. The molecule has 4 aromatic rings. The van der Waals surface area contributed by atoms with Crippen molar-refractivity contribution in [3.63, 3.8) is 0 Å². The second kappa shape index (κ2) is 11.8. The quantitative estimate of drug-likeness (QED) is 0.274. The molecule has 2 atom stereocenters. The number of carbonyl (C=O) groups excluding carboxylic acids is 2. The summed E-state index contributed by atoms with van der Waals surface area (Å²) in [6.45, 7) is 1.30. The zero-order valence-electron chi connectivity index (χ0n) is 20.2. The van der Waals surface area contributed by atoms with Gasteiger partial charge in [-0.2, -0.15) is 0 Å². The number of halogens is 1. The van der Waals surface area contributed by atoms with Crippen LogP contribution in [0.1, 0.15) is 39.8 Å². The summed E-state index contributed by atoms with van der Waals surface area (Å²) in [5.41, 5.74) is 2.97. The van der Waals surface area contributed by atoms with Crippen LogP contribution in [0.15, 0.2) is 84.2 Å². The van der Waals surface area contributed by atoms with Gasteiger partial charge >= 0.3 is 0 Å². The third kappa shape index (κ3) is 5.96. The molecule has 2 amide bonds. The Labute approximate surface area is 225 Å². The molecular formula is C29H28ClN3O3S. The van der Waals surface area contributed by atoms with Gasteiger partial charge in [-0.15, -0.1) is 11.3 Å². The lowest BCUT2D eigenvalue weighted by Gasteiger charge is -2.31. The highest BCUT2D eigenvalue weighted by Gasteiger charge is 2.34. The number of aromatic nitrogens is 1. The summed E-state index contributed by atoms with van der Waals surface area (Å²) in [5, 5.41) is 5.49. The molecule has 2 N–H and O–H groups in total. The fraction of sp³-hybridized carbons (Fsp3) is 0.241. The zero-order valence-corrected chi connectivity index (χ0v) is 21.8. The second-order valence-corrected chi connectivity index (χ2v) is 10.4. The summed E-state index contributed by atoms with van der Waals surface area (Å²) in [4.78, 5) is 33.4. The molecule has 0 bridgehead atoms. The zero-order chi connectivity index (χ0) is 25.6. The fourth-order valence-electron chi connectivity index (χ4n) is 4.54. The van der Waals surface area contributed by atoms with Gasteiger partial charge in [-0.25, -0.2) is 0 Å². The average molecular weight is 534 g/mol. The van der Waals surface area contributed by atoms with Crippen molar-refractivity contribution in [1.82, 2.24) is 15.2 Å². The van der Waals surface area contributed by atoms with Crippen molar-refractivity contribution in [3.8, 4) is 11.3 Å². The molecule has 2 aromatic carbocycles. The van der Waals surface area contributed by atoms with E-state index in [0.29, 0.717) is 23.9 Å². The van der Waals surface area contributed by atoms with Crippen molar-refractivity contribution in [2.45, 2.75) is 31.5 Å². The molecule has 1 saturated heterocycles. The minimum absolute atomic E-state index is 0.00232. The highest BCUT2D eigenvalue weighted by Crippen LogP contribution is 2.31.